The second-order valence-corrected chi connectivity index (χ2v) is 9.90. The molecule has 9 nitrogen and oxygen atoms in total. The number of rotatable bonds is 10. The minimum atomic E-state index is -3.71. The highest BCUT2D eigenvalue weighted by Gasteiger charge is 2.32. The summed E-state index contributed by atoms with van der Waals surface area (Å²) in [5, 5.41) is 2.93. The zero-order valence-electron chi connectivity index (χ0n) is 19.5. The van der Waals surface area contributed by atoms with Crippen molar-refractivity contribution >= 4 is 21.9 Å². The van der Waals surface area contributed by atoms with Crippen molar-refractivity contribution < 1.29 is 27.5 Å². The van der Waals surface area contributed by atoms with Crippen LogP contribution in [0.3, 0.4) is 0 Å². The van der Waals surface area contributed by atoms with E-state index in [9.17, 15) is 18.0 Å². The molecule has 0 aliphatic carbocycles. The Kier molecular flexibility index (Phi) is 9.00. The van der Waals surface area contributed by atoms with Gasteiger partial charge in [0.2, 0.25) is 21.8 Å². The van der Waals surface area contributed by atoms with E-state index in [4.69, 9.17) is 9.47 Å². The fourth-order valence-electron chi connectivity index (χ4n) is 3.70. The van der Waals surface area contributed by atoms with E-state index in [2.05, 4.69) is 10.3 Å². The summed E-state index contributed by atoms with van der Waals surface area (Å²) < 4.78 is 37.9. The molecule has 1 saturated heterocycles. The summed E-state index contributed by atoms with van der Waals surface area (Å²) in [5.41, 5.74) is 1.10. The maximum absolute atomic E-state index is 13.0. The number of benzene rings is 1. The van der Waals surface area contributed by atoms with Gasteiger partial charge in [-0.3, -0.25) is 4.79 Å². The van der Waals surface area contributed by atoms with E-state index >= 15 is 0 Å². The average molecular weight is 490 g/mol. The molecule has 1 fully saturated rings. The maximum Gasteiger partial charge on any atom is 0.338 e. The molecule has 0 unspecified atom stereocenters. The Labute approximate surface area is 200 Å². The summed E-state index contributed by atoms with van der Waals surface area (Å²) in [6.07, 6.45) is 3.37. The van der Waals surface area contributed by atoms with E-state index < -0.39 is 16.0 Å². The number of piperidine rings is 1. The number of ether oxygens (including phenoxy) is 2. The Balaban J connectivity index is 1.54. The molecule has 184 valence electrons. The summed E-state index contributed by atoms with van der Waals surface area (Å²) in [4.78, 5) is 28.8. The third-order valence-electron chi connectivity index (χ3n) is 5.57. The van der Waals surface area contributed by atoms with Crippen molar-refractivity contribution in [3.63, 3.8) is 0 Å². The highest BCUT2D eigenvalue weighted by Crippen LogP contribution is 2.25. The number of nitrogens with zero attached hydrogens (tertiary/aromatic N) is 2. The smallest absolute Gasteiger partial charge is 0.338 e. The van der Waals surface area contributed by atoms with E-state index in [1.54, 1.807) is 19.2 Å². The number of hydrogen-bond acceptors (Lipinski definition) is 7. The topological polar surface area (TPSA) is 115 Å². The molecule has 34 heavy (non-hydrogen) atoms. The Morgan fingerprint density at radius 1 is 1.12 bits per heavy atom. The van der Waals surface area contributed by atoms with Crippen molar-refractivity contribution in [2.45, 2.75) is 44.6 Å². The van der Waals surface area contributed by atoms with E-state index in [1.807, 2.05) is 13.0 Å². The lowest BCUT2D eigenvalue weighted by molar-refractivity contribution is -0.126. The molecule has 0 spiro atoms. The molecule has 1 aliphatic rings. The molecular formula is C24H31N3O6S. The Bertz CT molecular complexity index is 1080. The zero-order chi connectivity index (χ0) is 24.6. The van der Waals surface area contributed by atoms with Crippen LogP contribution in [-0.4, -0.2) is 55.9 Å². The molecular weight excluding hydrogens is 458 g/mol. The largest absolute Gasteiger partial charge is 0.477 e. The van der Waals surface area contributed by atoms with Crippen molar-refractivity contribution in [1.82, 2.24) is 14.6 Å². The quantitative estimate of drug-likeness (QED) is 0.510. The van der Waals surface area contributed by atoms with Gasteiger partial charge < -0.3 is 14.8 Å². The van der Waals surface area contributed by atoms with Crippen LogP contribution in [0.15, 0.2) is 47.5 Å². The molecule has 0 atom stereocenters. The van der Waals surface area contributed by atoms with Crippen LogP contribution in [0.5, 0.6) is 5.88 Å². The molecule has 1 amide bonds. The van der Waals surface area contributed by atoms with Crippen molar-refractivity contribution in [2.75, 3.05) is 26.3 Å². The van der Waals surface area contributed by atoms with Crippen LogP contribution in [0.2, 0.25) is 0 Å². The monoisotopic (exact) mass is 489 g/mol. The molecule has 1 aromatic carbocycles. The molecule has 3 rings (SSSR count). The van der Waals surface area contributed by atoms with Gasteiger partial charge in [-0.1, -0.05) is 13.0 Å². The van der Waals surface area contributed by atoms with E-state index in [0.29, 0.717) is 37.4 Å². The van der Waals surface area contributed by atoms with Gasteiger partial charge in [-0.15, -0.1) is 0 Å². The van der Waals surface area contributed by atoms with Gasteiger partial charge in [-0.2, -0.15) is 4.31 Å². The summed E-state index contributed by atoms with van der Waals surface area (Å²) in [5.74, 6) is -0.358. The van der Waals surface area contributed by atoms with Crippen LogP contribution in [-0.2, 0) is 26.1 Å². The number of carbonyl (C=O) groups excluding carboxylic acids is 2. The number of aromatic nitrogens is 1. The van der Waals surface area contributed by atoms with Crippen LogP contribution >= 0.6 is 0 Å². The number of amides is 1. The van der Waals surface area contributed by atoms with Crippen LogP contribution in [0.1, 0.15) is 49.0 Å². The van der Waals surface area contributed by atoms with Crippen molar-refractivity contribution in [3.05, 3.63) is 53.7 Å². The van der Waals surface area contributed by atoms with Crippen molar-refractivity contribution in [3.8, 4) is 5.88 Å². The van der Waals surface area contributed by atoms with Crippen molar-refractivity contribution in [1.29, 1.82) is 0 Å². The lowest BCUT2D eigenvalue weighted by Crippen LogP contribution is -2.42. The fourth-order valence-corrected chi connectivity index (χ4v) is 5.17. The van der Waals surface area contributed by atoms with Crippen LogP contribution in [0.25, 0.3) is 0 Å². The summed E-state index contributed by atoms with van der Waals surface area (Å²) in [6.45, 7) is 5.31. The zero-order valence-corrected chi connectivity index (χ0v) is 20.3. The Morgan fingerprint density at radius 2 is 1.82 bits per heavy atom. The van der Waals surface area contributed by atoms with Gasteiger partial charge in [0.1, 0.15) is 0 Å². The Hall–Kier alpha value is -2.98. The van der Waals surface area contributed by atoms with E-state index in [-0.39, 0.29) is 36.4 Å². The van der Waals surface area contributed by atoms with E-state index in [1.165, 1.54) is 28.6 Å². The van der Waals surface area contributed by atoms with Gasteiger partial charge in [-0.25, -0.2) is 18.2 Å². The van der Waals surface area contributed by atoms with Gasteiger partial charge in [0.05, 0.1) is 23.7 Å². The SMILES string of the molecule is CCCOc1ncccc1CNC(=O)C1CCN(S(=O)(=O)c2ccc(C(=O)OCC)cc2)CC1. The number of esters is 1. The fraction of sp³-hybridized carbons (Fsp3) is 0.458. The number of pyridine rings is 1. The second-order valence-electron chi connectivity index (χ2n) is 7.96. The molecule has 0 saturated carbocycles. The molecule has 1 aliphatic heterocycles. The predicted molar refractivity (Wildman–Crippen MR) is 126 cm³/mol. The number of sulfonamides is 1. The molecule has 1 aromatic heterocycles. The summed E-state index contributed by atoms with van der Waals surface area (Å²) >= 11 is 0. The Morgan fingerprint density at radius 3 is 2.47 bits per heavy atom. The first kappa shape index (κ1) is 25.6. The van der Waals surface area contributed by atoms with E-state index in [0.717, 1.165) is 12.0 Å². The molecule has 0 bridgehead atoms. The predicted octanol–water partition coefficient (Wildman–Crippen LogP) is 2.76. The number of hydrogen-bond donors (Lipinski definition) is 1. The molecule has 1 N–H and O–H groups in total. The highest BCUT2D eigenvalue weighted by atomic mass is 32.2. The highest BCUT2D eigenvalue weighted by molar-refractivity contribution is 7.89. The van der Waals surface area contributed by atoms with Crippen LogP contribution in [0.4, 0.5) is 0 Å². The average Bonchev–Trinajstić information content (AvgIpc) is 2.86. The summed E-state index contributed by atoms with van der Waals surface area (Å²) in [6, 6.07) is 9.37. The van der Waals surface area contributed by atoms with Gasteiger partial charge >= 0.3 is 5.97 Å². The first-order chi connectivity index (χ1) is 16.4. The number of carbonyl (C=O) groups is 2. The molecule has 10 heteroatoms. The van der Waals surface area contributed by atoms with Gasteiger partial charge in [-0.05, 0) is 56.5 Å². The number of nitrogens with one attached hydrogen (secondary N) is 1. The standard InChI is InChI=1S/C24H31N3O6S/c1-3-16-33-23-20(6-5-13-25-23)17-26-22(28)18-11-14-27(15-12-18)34(30,31)21-9-7-19(8-10-21)24(29)32-4-2/h5-10,13,18H,3-4,11-12,14-17H2,1-2H3,(H,26,28). The van der Waals surface area contributed by atoms with Crippen LogP contribution < -0.4 is 10.1 Å². The lowest BCUT2D eigenvalue weighted by atomic mass is 9.97. The normalized spacial score (nSPS) is 15.0. The third kappa shape index (κ3) is 6.32. The summed E-state index contributed by atoms with van der Waals surface area (Å²) in [7, 11) is -3.71. The first-order valence-electron chi connectivity index (χ1n) is 11.5. The second kappa shape index (κ2) is 11.9. The first-order valence-corrected chi connectivity index (χ1v) is 12.9. The van der Waals surface area contributed by atoms with Gasteiger partial charge in [0.15, 0.2) is 0 Å². The lowest BCUT2D eigenvalue weighted by Gasteiger charge is -2.30. The third-order valence-corrected chi connectivity index (χ3v) is 7.49. The van der Waals surface area contributed by atoms with Crippen LogP contribution in [0, 0.1) is 5.92 Å². The molecule has 2 heterocycles. The molecule has 0 radical (unpaired) electrons. The maximum atomic E-state index is 13.0. The minimum absolute atomic E-state index is 0.110. The van der Waals surface area contributed by atoms with Gasteiger partial charge in [0.25, 0.3) is 0 Å². The minimum Gasteiger partial charge on any atom is -0.477 e. The van der Waals surface area contributed by atoms with Crippen molar-refractivity contribution in [2.24, 2.45) is 5.92 Å². The molecule has 2 aromatic rings. The van der Waals surface area contributed by atoms with Gasteiger partial charge in [0, 0.05) is 37.3 Å².